The summed E-state index contributed by atoms with van der Waals surface area (Å²) in [5, 5.41) is 3.37. The Bertz CT molecular complexity index is 2700. The fraction of sp³-hybridized carbons (Fsp3) is 0. The highest BCUT2D eigenvalue weighted by atomic mass is 15.2. The van der Waals surface area contributed by atoms with Gasteiger partial charge in [-0.3, -0.25) is 13.4 Å². The van der Waals surface area contributed by atoms with Crippen LogP contribution >= 0.6 is 0 Å². The summed E-state index contributed by atoms with van der Waals surface area (Å²) in [7, 11) is 0. The molecule has 0 fully saturated rings. The predicted octanol–water partition coefficient (Wildman–Crippen LogP) is 8.51. The van der Waals surface area contributed by atoms with Crippen LogP contribution in [0.2, 0.25) is 0 Å². The SMILES string of the molecule is c1ccc(-c2nc(-c3ccccc3)nc(-n3c4ccccc4c4c3c3c5ccccc5cn3c3nc5ccccc5n43)n2)cc1. The molecule has 0 saturated carbocycles. The molecule has 0 N–H and O–H groups in total. The van der Waals surface area contributed by atoms with Crippen molar-refractivity contribution in [3.8, 4) is 28.7 Å². The van der Waals surface area contributed by atoms with Crippen molar-refractivity contribution in [3.05, 3.63) is 140 Å². The molecule has 0 unspecified atom stereocenters. The number of fused-ring (bicyclic) bond motifs is 12. The molecular formula is C38H23N7. The maximum Gasteiger partial charge on any atom is 0.238 e. The monoisotopic (exact) mass is 577 g/mol. The number of benzene rings is 5. The fourth-order valence-electron chi connectivity index (χ4n) is 6.73. The number of nitrogens with zero attached hydrogens (tertiary/aromatic N) is 7. The average molecular weight is 578 g/mol. The van der Waals surface area contributed by atoms with E-state index in [0.717, 1.165) is 66.2 Å². The highest BCUT2D eigenvalue weighted by molar-refractivity contribution is 6.19. The number of aromatic nitrogens is 7. The normalized spacial score (nSPS) is 12.0. The lowest BCUT2D eigenvalue weighted by Gasteiger charge is -2.12. The van der Waals surface area contributed by atoms with Crippen LogP contribution in [0.5, 0.6) is 0 Å². The van der Waals surface area contributed by atoms with E-state index >= 15 is 0 Å². The van der Waals surface area contributed by atoms with Crippen LogP contribution < -0.4 is 0 Å². The van der Waals surface area contributed by atoms with E-state index in [2.05, 4.69) is 86.3 Å². The second-order valence-corrected chi connectivity index (χ2v) is 11.2. The molecule has 7 heteroatoms. The van der Waals surface area contributed by atoms with Crippen molar-refractivity contribution in [2.75, 3.05) is 0 Å². The Balaban J connectivity index is 1.46. The summed E-state index contributed by atoms with van der Waals surface area (Å²) >= 11 is 0. The lowest BCUT2D eigenvalue weighted by atomic mass is 10.2. The Morgan fingerprint density at radius 3 is 1.78 bits per heavy atom. The topological polar surface area (TPSA) is 65.3 Å². The molecule has 10 aromatic rings. The van der Waals surface area contributed by atoms with E-state index in [1.807, 2.05) is 66.7 Å². The van der Waals surface area contributed by atoms with Crippen LogP contribution in [-0.2, 0) is 0 Å². The first-order valence-electron chi connectivity index (χ1n) is 14.9. The van der Waals surface area contributed by atoms with E-state index in [1.165, 1.54) is 0 Å². The van der Waals surface area contributed by atoms with E-state index in [0.29, 0.717) is 17.6 Å². The molecule has 0 saturated heterocycles. The van der Waals surface area contributed by atoms with E-state index in [4.69, 9.17) is 19.9 Å². The van der Waals surface area contributed by atoms with E-state index < -0.39 is 0 Å². The van der Waals surface area contributed by atoms with Crippen LogP contribution in [0.15, 0.2) is 140 Å². The van der Waals surface area contributed by atoms with Gasteiger partial charge in [-0.05, 0) is 18.2 Å². The van der Waals surface area contributed by atoms with E-state index in [1.54, 1.807) is 0 Å². The third-order valence-corrected chi connectivity index (χ3v) is 8.67. The molecule has 0 atom stereocenters. The molecule has 5 aromatic carbocycles. The van der Waals surface area contributed by atoms with Crippen molar-refractivity contribution >= 4 is 55.0 Å². The molecule has 210 valence electrons. The molecule has 0 aliphatic carbocycles. The van der Waals surface area contributed by atoms with Crippen LogP contribution in [0, 0.1) is 0 Å². The minimum Gasteiger partial charge on any atom is -0.284 e. The van der Waals surface area contributed by atoms with Gasteiger partial charge < -0.3 is 0 Å². The Labute approximate surface area is 256 Å². The van der Waals surface area contributed by atoms with Crippen LogP contribution in [-0.4, -0.2) is 33.3 Å². The minimum absolute atomic E-state index is 0.560. The first-order chi connectivity index (χ1) is 22.3. The van der Waals surface area contributed by atoms with Gasteiger partial charge in [0.25, 0.3) is 0 Å². The van der Waals surface area contributed by atoms with Crippen molar-refractivity contribution in [1.29, 1.82) is 0 Å². The molecule has 0 aliphatic heterocycles. The number of hydrogen-bond donors (Lipinski definition) is 0. The van der Waals surface area contributed by atoms with Crippen LogP contribution in [0.25, 0.3) is 83.8 Å². The molecule has 10 rings (SSSR count). The van der Waals surface area contributed by atoms with Crippen molar-refractivity contribution in [2.45, 2.75) is 0 Å². The zero-order valence-electron chi connectivity index (χ0n) is 23.9. The number of rotatable bonds is 3. The average Bonchev–Trinajstić information content (AvgIpc) is 3.79. The Hall–Kier alpha value is -6.34. The quantitative estimate of drug-likeness (QED) is 0.211. The summed E-state index contributed by atoms with van der Waals surface area (Å²) in [6.07, 6.45) is 2.19. The summed E-state index contributed by atoms with van der Waals surface area (Å²) in [5.74, 6) is 2.67. The van der Waals surface area contributed by atoms with Gasteiger partial charge in [0, 0.05) is 33.5 Å². The largest absolute Gasteiger partial charge is 0.284 e. The summed E-state index contributed by atoms with van der Waals surface area (Å²) in [5.41, 5.74) is 7.99. The highest BCUT2D eigenvalue weighted by Gasteiger charge is 2.25. The zero-order valence-corrected chi connectivity index (χ0v) is 23.9. The summed E-state index contributed by atoms with van der Waals surface area (Å²) in [4.78, 5) is 20.5. The molecule has 7 nitrogen and oxygen atoms in total. The predicted molar refractivity (Wildman–Crippen MR) is 180 cm³/mol. The van der Waals surface area contributed by atoms with Crippen molar-refractivity contribution in [3.63, 3.8) is 0 Å². The van der Waals surface area contributed by atoms with Gasteiger partial charge in [0.1, 0.15) is 0 Å². The number of para-hydroxylation sites is 3. The standard InChI is InChI=1S/C38H23N7/c1-3-13-24(14-4-1)35-40-36(25-15-5-2-6-16-25)42-37(41-35)44-30-21-11-9-19-28(30)33-34(44)32-27-18-8-7-17-26(27)23-43(32)38-39-29-20-10-12-22-31(29)45(33)38/h1-23H. The molecule has 0 bridgehead atoms. The van der Waals surface area contributed by atoms with E-state index in [9.17, 15) is 0 Å². The number of imidazole rings is 1. The summed E-state index contributed by atoms with van der Waals surface area (Å²) < 4.78 is 6.72. The molecule has 0 spiro atoms. The van der Waals surface area contributed by atoms with Gasteiger partial charge in [-0.1, -0.05) is 115 Å². The van der Waals surface area contributed by atoms with E-state index in [-0.39, 0.29) is 0 Å². The number of hydrogen-bond acceptors (Lipinski definition) is 4. The third-order valence-electron chi connectivity index (χ3n) is 8.67. The maximum absolute atomic E-state index is 5.18. The first kappa shape index (κ1) is 24.1. The molecule has 0 aliphatic rings. The van der Waals surface area contributed by atoms with Crippen molar-refractivity contribution < 1.29 is 0 Å². The lowest BCUT2D eigenvalue weighted by Crippen LogP contribution is -2.07. The molecule has 0 radical (unpaired) electrons. The van der Waals surface area contributed by atoms with Gasteiger partial charge in [-0.2, -0.15) is 9.97 Å². The summed E-state index contributed by atoms with van der Waals surface area (Å²) in [6.45, 7) is 0. The fourth-order valence-corrected chi connectivity index (χ4v) is 6.73. The van der Waals surface area contributed by atoms with Crippen LogP contribution in [0.1, 0.15) is 0 Å². The minimum atomic E-state index is 0.560. The van der Waals surface area contributed by atoms with Gasteiger partial charge in [0.05, 0.1) is 33.1 Å². The van der Waals surface area contributed by atoms with Crippen LogP contribution in [0.4, 0.5) is 0 Å². The smallest absolute Gasteiger partial charge is 0.238 e. The Morgan fingerprint density at radius 2 is 1.04 bits per heavy atom. The maximum atomic E-state index is 5.18. The van der Waals surface area contributed by atoms with Gasteiger partial charge in [-0.25, -0.2) is 9.97 Å². The molecular weight excluding hydrogens is 554 g/mol. The highest BCUT2D eigenvalue weighted by Crippen LogP contribution is 2.39. The Kier molecular flexibility index (Phi) is 4.87. The first-order valence-corrected chi connectivity index (χ1v) is 14.9. The zero-order chi connectivity index (χ0) is 29.5. The van der Waals surface area contributed by atoms with Gasteiger partial charge in [-0.15, -0.1) is 0 Å². The molecule has 45 heavy (non-hydrogen) atoms. The summed E-state index contributed by atoms with van der Waals surface area (Å²) in [6, 6.07) is 45.6. The molecule has 0 amide bonds. The van der Waals surface area contributed by atoms with Crippen molar-refractivity contribution in [2.24, 2.45) is 0 Å². The van der Waals surface area contributed by atoms with Crippen LogP contribution in [0.3, 0.4) is 0 Å². The van der Waals surface area contributed by atoms with Gasteiger partial charge in [0.2, 0.25) is 11.7 Å². The molecule has 5 heterocycles. The second-order valence-electron chi connectivity index (χ2n) is 11.2. The lowest BCUT2D eigenvalue weighted by molar-refractivity contribution is 0.952. The second kappa shape index (κ2) is 9.08. The Morgan fingerprint density at radius 1 is 0.444 bits per heavy atom. The van der Waals surface area contributed by atoms with Gasteiger partial charge >= 0.3 is 0 Å². The third kappa shape index (κ3) is 3.40. The van der Waals surface area contributed by atoms with Crippen molar-refractivity contribution in [1.82, 2.24) is 33.3 Å². The molecule has 5 aromatic heterocycles. The van der Waals surface area contributed by atoms with Gasteiger partial charge in [0.15, 0.2) is 11.6 Å².